The van der Waals surface area contributed by atoms with Crippen molar-refractivity contribution >= 4 is 17.5 Å². The van der Waals surface area contributed by atoms with Crippen molar-refractivity contribution in [3.05, 3.63) is 28.8 Å². The molecule has 0 aromatic heterocycles. The Labute approximate surface area is 142 Å². The molecule has 0 saturated carbocycles. The summed E-state index contributed by atoms with van der Waals surface area (Å²) in [6, 6.07) is 5.84. The van der Waals surface area contributed by atoms with Gasteiger partial charge in [-0.05, 0) is 37.5 Å². The van der Waals surface area contributed by atoms with E-state index >= 15 is 0 Å². The Morgan fingerprint density at radius 1 is 1.48 bits per heavy atom. The molecule has 0 unspecified atom stereocenters. The Morgan fingerprint density at radius 3 is 2.83 bits per heavy atom. The zero-order valence-electron chi connectivity index (χ0n) is 13.7. The third kappa shape index (κ3) is 6.01. The molecule has 1 aliphatic rings. The number of nitrogens with zero attached hydrogens (tertiary/aromatic N) is 1. The first kappa shape index (κ1) is 18.0. The Hall–Kier alpha value is -1.30. The Bertz CT molecular complexity index is 531. The first-order chi connectivity index (χ1) is 10.9. The van der Waals surface area contributed by atoms with E-state index in [4.69, 9.17) is 16.3 Å². The average Bonchev–Trinajstić information content (AvgIpc) is 2.50. The van der Waals surface area contributed by atoms with Gasteiger partial charge in [-0.25, -0.2) is 0 Å². The number of aryl methyl sites for hydroxylation is 1. The number of aliphatic hydroxyl groups is 1. The number of halogens is 1. The fourth-order valence-electron chi connectivity index (χ4n) is 2.81. The molecule has 1 heterocycles. The van der Waals surface area contributed by atoms with Gasteiger partial charge in [-0.1, -0.05) is 17.7 Å². The van der Waals surface area contributed by atoms with E-state index in [0.29, 0.717) is 17.3 Å². The van der Waals surface area contributed by atoms with E-state index in [1.165, 1.54) is 0 Å². The van der Waals surface area contributed by atoms with Crippen molar-refractivity contribution in [3.63, 3.8) is 0 Å². The third-order valence-corrected chi connectivity index (χ3v) is 4.29. The van der Waals surface area contributed by atoms with Gasteiger partial charge in [0.05, 0.1) is 5.02 Å². The maximum absolute atomic E-state index is 11.1. The van der Waals surface area contributed by atoms with E-state index in [1.54, 1.807) is 13.0 Å². The maximum Gasteiger partial charge on any atom is 0.217 e. The molecule has 0 radical (unpaired) electrons. The van der Waals surface area contributed by atoms with Gasteiger partial charge >= 0.3 is 0 Å². The van der Waals surface area contributed by atoms with Gasteiger partial charge < -0.3 is 20.1 Å². The predicted octanol–water partition coefficient (Wildman–Crippen LogP) is 1.99. The van der Waals surface area contributed by atoms with Crippen LogP contribution in [0.3, 0.4) is 0 Å². The van der Waals surface area contributed by atoms with Crippen molar-refractivity contribution in [2.75, 3.05) is 26.2 Å². The average molecular weight is 341 g/mol. The van der Waals surface area contributed by atoms with Crippen LogP contribution in [0.1, 0.15) is 25.3 Å². The van der Waals surface area contributed by atoms with E-state index in [9.17, 15) is 9.90 Å². The number of carbonyl (C=O) groups excluding carboxylic acids is 1. The standard InChI is InChI=1S/C17H25ClN2O3/c1-12-3-4-16(18)17(9-12)23-11-15(22)10-20-7-5-14(6-8-20)19-13(2)21/h3-4,9,14-15,22H,5-8,10-11H2,1-2H3,(H,19,21)/t15-/m0/s1. The number of ether oxygens (including phenoxy) is 1. The van der Waals surface area contributed by atoms with Gasteiger partial charge in [-0.3, -0.25) is 4.79 Å². The molecule has 1 aromatic rings. The van der Waals surface area contributed by atoms with Gasteiger partial charge in [0.1, 0.15) is 18.5 Å². The summed E-state index contributed by atoms with van der Waals surface area (Å²) in [6.45, 7) is 6.04. The first-order valence-corrected chi connectivity index (χ1v) is 8.38. The molecule has 6 heteroatoms. The third-order valence-electron chi connectivity index (χ3n) is 3.98. The summed E-state index contributed by atoms with van der Waals surface area (Å²) < 4.78 is 5.63. The normalized spacial score (nSPS) is 17.7. The zero-order valence-corrected chi connectivity index (χ0v) is 14.5. The van der Waals surface area contributed by atoms with Crippen LogP contribution in [0.15, 0.2) is 18.2 Å². The highest BCUT2D eigenvalue weighted by atomic mass is 35.5. The molecular formula is C17H25ClN2O3. The SMILES string of the molecule is CC(=O)NC1CCN(C[C@H](O)COc2cc(C)ccc2Cl)CC1. The van der Waals surface area contributed by atoms with Gasteiger partial charge in [0.25, 0.3) is 0 Å². The highest BCUT2D eigenvalue weighted by molar-refractivity contribution is 6.32. The van der Waals surface area contributed by atoms with E-state index < -0.39 is 6.10 Å². The van der Waals surface area contributed by atoms with E-state index in [2.05, 4.69) is 10.2 Å². The molecule has 0 bridgehead atoms. The van der Waals surface area contributed by atoms with Crippen LogP contribution in [-0.4, -0.2) is 54.3 Å². The Morgan fingerprint density at radius 2 is 2.17 bits per heavy atom. The van der Waals surface area contributed by atoms with Crippen LogP contribution in [0, 0.1) is 6.92 Å². The number of piperidine rings is 1. The highest BCUT2D eigenvalue weighted by Gasteiger charge is 2.21. The molecule has 1 aliphatic heterocycles. The summed E-state index contributed by atoms with van der Waals surface area (Å²) in [4.78, 5) is 13.2. The smallest absolute Gasteiger partial charge is 0.217 e. The van der Waals surface area contributed by atoms with Crippen LogP contribution in [0.2, 0.25) is 5.02 Å². The van der Waals surface area contributed by atoms with Crippen molar-refractivity contribution in [2.45, 2.75) is 38.8 Å². The molecule has 2 N–H and O–H groups in total. The second-order valence-corrected chi connectivity index (χ2v) is 6.58. The molecule has 1 fully saturated rings. The molecule has 1 atom stereocenters. The van der Waals surface area contributed by atoms with Crippen LogP contribution in [-0.2, 0) is 4.79 Å². The van der Waals surface area contributed by atoms with Crippen LogP contribution in [0.25, 0.3) is 0 Å². The fourth-order valence-corrected chi connectivity index (χ4v) is 2.98. The lowest BCUT2D eigenvalue weighted by molar-refractivity contribution is -0.120. The molecule has 5 nitrogen and oxygen atoms in total. The summed E-state index contributed by atoms with van der Waals surface area (Å²) in [6.07, 6.45) is 1.26. The lowest BCUT2D eigenvalue weighted by atomic mass is 10.0. The number of nitrogens with one attached hydrogen (secondary N) is 1. The van der Waals surface area contributed by atoms with Crippen molar-refractivity contribution in [3.8, 4) is 5.75 Å². The minimum Gasteiger partial charge on any atom is -0.489 e. The summed E-state index contributed by atoms with van der Waals surface area (Å²) in [5.74, 6) is 0.627. The minimum atomic E-state index is -0.566. The summed E-state index contributed by atoms with van der Waals surface area (Å²) in [5, 5.41) is 13.7. The van der Waals surface area contributed by atoms with Gasteiger partial charge in [0.2, 0.25) is 5.91 Å². The molecule has 128 valence electrons. The second-order valence-electron chi connectivity index (χ2n) is 6.17. The largest absolute Gasteiger partial charge is 0.489 e. The maximum atomic E-state index is 11.1. The minimum absolute atomic E-state index is 0.0203. The van der Waals surface area contributed by atoms with Crippen molar-refractivity contribution in [2.24, 2.45) is 0 Å². The van der Waals surface area contributed by atoms with E-state index in [1.807, 2.05) is 19.1 Å². The zero-order chi connectivity index (χ0) is 16.8. The molecule has 1 aromatic carbocycles. The molecule has 23 heavy (non-hydrogen) atoms. The molecular weight excluding hydrogens is 316 g/mol. The lowest BCUT2D eigenvalue weighted by Gasteiger charge is -2.33. The lowest BCUT2D eigenvalue weighted by Crippen LogP contribution is -2.46. The summed E-state index contributed by atoms with van der Waals surface area (Å²) in [5.41, 5.74) is 1.07. The summed E-state index contributed by atoms with van der Waals surface area (Å²) >= 11 is 6.08. The highest BCUT2D eigenvalue weighted by Crippen LogP contribution is 2.25. The van der Waals surface area contributed by atoms with Crippen LogP contribution >= 0.6 is 11.6 Å². The quantitative estimate of drug-likeness (QED) is 0.831. The Balaban J connectivity index is 1.72. The number of β-amino-alcohol motifs (C(OH)–C–C–N with tert-alkyl or cyclic N) is 1. The number of hydrogen-bond acceptors (Lipinski definition) is 4. The number of carbonyl (C=O) groups is 1. The van der Waals surface area contributed by atoms with Crippen molar-refractivity contribution in [1.82, 2.24) is 10.2 Å². The molecule has 0 aliphatic carbocycles. The van der Waals surface area contributed by atoms with Crippen molar-refractivity contribution in [1.29, 1.82) is 0 Å². The first-order valence-electron chi connectivity index (χ1n) is 8.00. The van der Waals surface area contributed by atoms with Gasteiger partial charge in [-0.15, -0.1) is 0 Å². The fraction of sp³-hybridized carbons (Fsp3) is 0.588. The summed E-state index contributed by atoms with van der Waals surface area (Å²) in [7, 11) is 0. The van der Waals surface area contributed by atoms with Crippen LogP contribution in [0.4, 0.5) is 0 Å². The number of benzene rings is 1. The number of aliphatic hydroxyl groups excluding tert-OH is 1. The second kappa shape index (κ2) is 8.52. The number of hydrogen-bond donors (Lipinski definition) is 2. The number of amides is 1. The van der Waals surface area contributed by atoms with Gasteiger partial charge in [0, 0.05) is 32.6 Å². The Kier molecular flexibility index (Phi) is 6.69. The van der Waals surface area contributed by atoms with Crippen molar-refractivity contribution < 1.29 is 14.6 Å². The van der Waals surface area contributed by atoms with Crippen LogP contribution in [0.5, 0.6) is 5.75 Å². The van der Waals surface area contributed by atoms with Gasteiger partial charge in [0.15, 0.2) is 0 Å². The molecule has 0 spiro atoms. The van der Waals surface area contributed by atoms with E-state index in [0.717, 1.165) is 31.5 Å². The number of rotatable bonds is 6. The molecule has 2 rings (SSSR count). The monoisotopic (exact) mass is 340 g/mol. The van der Waals surface area contributed by atoms with Gasteiger partial charge in [-0.2, -0.15) is 0 Å². The van der Waals surface area contributed by atoms with Crippen LogP contribution < -0.4 is 10.1 Å². The molecule has 1 saturated heterocycles. The topological polar surface area (TPSA) is 61.8 Å². The molecule has 1 amide bonds. The van der Waals surface area contributed by atoms with E-state index in [-0.39, 0.29) is 18.6 Å². The number of likely N-dealkylation sites (tertiary alicyclic amines) is 1. The predicted molar refractivity (Wildman–Crippen MR) is 91.0 cm³/mol.